The van der Waals surface area contributed by atoms with E-state index in [1.54, 1.807) is 19.1 Å². The number of carbonyl (C=O) groups excluding carboxylic acids is 2. The van der Waals surface area contributed by atoms with Gasteiger partial charge in [0, 0.05) is 31.6 Å². The van der Waals surface area contributed by atoms with Gasteiger partial charge in [-0.1, -0.05) is 19.9 Å². The molecule has 0 radical (unpaired) electrons. The van der Waals surface area contributed by atoms with Gasteiger partial charge < -0.3 is 25.4 Å². The molecule has 0 aliphatic carbocycles. The maximum Gasteiger partial charge on any atom is 0.225 e. The summed E-state index contributed by atoms with van der Waals surface area (Å²) < 4.78 is 10.6. The quantitative estimate of drug-likeness (QED) is 0.596. The zero-order valence-electron chi connectivity index (χ0n) is 17.8. The molecule has 1 aliphatic rings. The van der Waals surface area contributed by atoms with Crippen LogP contribution in [-0.2, 0) is 16.0 Å². The molecule has 3 N–H and O–H groups in total. The summed E-state index contributed by atoms with van der Waals surface area (Å²) in [4.78, 5) is 26.6. The van der Waals surface area contributed by atoms with E-state index >= 15 is 0 Å². The van der Waals surface area contributed by atoms with Crippen LogP contribution < -0.4 is 20.5 Å². The first-order valence-electron chi connectivity index (χ1n) is 9.91. The molecular weight excluding hydrogens is 394 g/mol. The fourth-order valence-corrected chi connectivity index (χ4v) is 3.37. The highest BCUT2D eigenvalue weighted by Gasteiger charge is 2.34. The molecule has 1 unspecified atom stereocenters. The van der Waals surface area contributed by atoms with Gasteiger partial charge >= 0.3 is 0 Å². The minimum atomic E-state index is -0.384. The molecule has 1 aliphatic heterocycles. The molecule has 1 saturated heterocycles. The Hall–Kier alpha value is -1.99. The summed E-state index contributed by atoms with van der Waals surface area (Å²) in [5.41, 5.74) is 6.91. The van der Waals surface area contributed by atoms with Crippen molar-refractivity contribution in [3.63, 3.8) is 0 Å². The van der Waals surface area contributed by atoms with Gasteiger partial charge in [-0.3, -0.25) is 9.59 Å². The third-order valence-corrected chi connectivity index (χ3v) is 5.73. The summed E-state index contributed by atoms with van der Waals surface area (Å²) in [5, 5.41) is 2.94. The summed E-state index contributed by atoms with van der Waals surface area (Å²) in [6, 6.07) is 5.74. The first-order valence-corrected chi connectivity index (χ1v) is 9.91. The number of nitrogens with two attached hydrogens (primary N) is 1. The Morgan fingerprint density at radius 1 is 1.24 bits per heavy atom. The van der Waals surface area contributed by atoms with E-state index in [0.717, 1.165) is 18.4 Å². The maximum absolute atomic E-state index is 12.5. The van der Waals surface area contributed by atoms with E-state index in [0.29, 0.717) is 37.6 Å². The first kappa shape index (κ1) is 25.0. The maximum atomic E-state index is 12.5. The van der Waals surface area contributed by atoms with E-state index in [2.05, 4.69) is 5.32 Å². The Bertz CT molecular complexity index is 695. The van der Waals surface area contributed by atoms with Crippen LogP contribution in [0, 0.1) is 5.92 Å². The second-order valence-corrected chi connectivity index (χ2v) is 7.47. The van der Waals surface area contributed by atoms with Crippen LogP contribution >= 0.6 is 12.4 Å². The average Bonchev–Trinajstić information content (AvgIpc) is 3.10. The molecule has 1 fully saturated rings. The molecule has 1 aromatic carbocycles. The van der Waals surface area contributed by atoms with Gasteiger partial charge in [-0.25, -0.2) is 0 Å². The lowest BCUT2D eigenvalue weighted by molar-refractivity contribution is -0.129. The fourth-order valence-electron chi connectivity index (χ4n) is 3.37. The van der Waals surface area contributed by atoms with Gasteiger partial charge in [-0.05, 0) is 37.0 Å². The number of nitrogens with zero attached hydrogens (tertiary/aromatic N) is 1. The van der Waals surface area contributed by atoms with Crippen molar-refractivity contribution in [2.24, 2.45) is 11.7 Å². The predicted molar refractivity (Wildman–Crippen MR) is 116 cm³/mol. The number of ether oxygens (including phenoxy) is 2. The predicted octanol–water partition coefficient (Wildman–Crippen LogP) is 2.15. The number of nitrogens with one attached hydrogen (secondary N) is 1. The normalized spacial score (nSPS) is 16.4. The molecule has 8 heteroatoms. The summed E-state index contributed by atoms with van der Waals surface area (Å²) in [7, 11) is 3.20. The first-order chi connectivity index (χ1) is 13.4. The second kappa shape index (κ2) is 11.3. The molecule has 7 nitrogen and oxygen atoms in total. The van der Waals surface area contributed by atoms with E-state index < -0.39 is 0 Å². The fraction of sp³-hybridized carbons (Fsp3) is 0.619. The highest BCUT2D eigenvalue weighted by molar-refractivity contribution is 5.89. The molecule has 29 heavy (non-hydrogen) atoms. The van der Waals surface area contributed by atoms with Crippen LogP contribution in [0.2, 0.25) is 0 Å². The van der Waals surface area contributed by atoms with Crippen molar-refractivity contribution in [3.05, 3.63) is 23.8 Å². The monoisotopic (exact) mass is 427 g/mol. The lowest BCUT2D eigenvalue weighted by atomic mass is 9.94. The van der Waals surface area contributed by atoms with Gasteiger partial charge in [0.15, 0.2) is 11.5 Å². The van der Waals surface area contributed by atoms with E-state index in [1.165, 1.54) is 0 Å². The molecule has 2 rings (SSSR count). The minimum Gasteiger partial charge on any atom is -0.493 e. The van der Waals surface area contributed by atoms with Gasteiger partial charge in [0.1, 0.15) is 0 Å². The summed E-state index contributed by atoms with van der Waals surface area (Å²) >= 11 is 0. The van der Waals surface area contributed by atoms with Crippen molar-refractivity contribution < 1.29 is 19.1 Å². The van der Waals surface area contributed by atoms with Crippen molar-refractivity contribution in [2.75, 3.05) is 33.9 Å². The Morgan fingerprint density at radius 3 is 2.48 bits per heavy atom. The third-order valence-electron chi connectivity index (χ3n) is 5.73. The molecule has 1 atom stereocenters. The Kier molecular flexibility index (Phi) is 9.73. The molecule has 0 spiro atoms. The number of amides is 2. The van der Waals surface area contributed by atoms with E-state index in [4.69, 9.17) is 15.2 Å². The molecule has 1 aromatic rings. The summed E-state index contributed by atoms with van der Waals surface area (Å²) in [6.07, 6.45) is 2.54. The Labute approximate surface area is 179 Å². The van der Waals surface area contributed by atoms with Crippen molar-refractivity contribution in [2.45, 2.75) is 45.1 Å². The highest BCUT2D eigenvalue weighted by Crippen LogP contribution is 2.28. The van der Waals surface area contributed by atoms with Gasteiger partial charge in [0.05, 0.1) is 20.1 Å². The van der Waals surface area contributed by atoms with Crippen LogP contribution in [0.5, 0.6) is 11.5 Å². The van der Waals surface area contributed by atoms with E-state index in [1.807, 2.05) is 32.0 Å². The Morgan fingerprint density at radius 2 is 1.90 bits per heavy atom. The van der Waals surface area contributed by atoms with Crippen LogP contribution in [-0.4, -0.2) is 56.1 Å². The van der Waals surface area contributed by atoms with Crippen LogP contribution in [0.4, 0.5) is 0 Å². The second-order valence-electron chi connectivity index (χ2n) is 7.47. The zero-order valence-corrected chi connectivity index (χ0v) is 18.6. The van der Waals surface area contributed by atoms with Crippen molar-refractivity contribution in [1.29, 1.82) is 0 Å². The zero-order chi connectivity index (χ0) is 20.7. The van der Waals surface area contributed by atoms with Crippen molar-refractivity contribution >= 4 is 24.2 Å². The Balaban J connectivity index is 0.00000420. The molecule has 0 bridgehead atoms. The number of hydrogen-bond donors (Lipinski definition) is 2. The SMILES string of the molecule is CCC(N)(CC)CNC(=O)C1CC(=O)N(CCc2ccc(OC)c(OC)c2)C1.Cl. The number of methoxy groups -OCH3 is 2. The van der Waals surface area contributed by atoms with E-state index in [9.17, 15) is 9.59 Å². The van der Waals surface area contributed by atoms with Gasteiger partial charge in [0.25, 0.3) is 0 Å². The average molecular weight is 428 g/mol. The van der Waals surface area contributed by atoms with Crippen molar-refractivity contribution in [3.8, 4) is 11.5 Å². The van der Waals surface area contributed by atoms with E-state index in [-0.39, 0.29) is 42.1 Å². The largest absolute Gasteiger partial charge is 0.493 e. The lowest BCUT2D eigenvalue weighted by Gasteiger charge is -2.27. The third kappa shape index (κ3) is 6.51. The number of likely N-dealkylation sites (tertiary alicyclic amines) is 1. The number of carbonyl (C=O) groups is 2. The molecular formula is C21H34ClN3O4. The van der Waals surface area contributed by atoms with Gasteiger partial charge in [-0.2, -0.15) is 0 Å². The molecule has 2 amide bonds. The molecule has 164 valence electrons. The minimum absolute atomic E-state index is 0. The summed E-state index contributed by atoms with van der Waals surface area (Å²) in [6.45, 7) is 5.50. The van der Waals surface area contributed by atoms with Gasteiger partial charge in [0.2, 0.25) is 11.8 Å². The smallest absolute Gasteiger partial charge is 0.225 e. The molecule has 1 heterocycles. The number of halogens is 1. The highest BCUT2D eigenvalue weighted by atomic mass is 35.5. The topological polar surface area (TPSA) is 93.9 Å². The molecule has 0 aromatic heterocycles. The molecule has 0 saturated carbocycles. The lowest BCUT2D eigenvalue weighted by Crippen LogP contribution is -2.50. The number of hydrogen-bond acceptors (Lipinski definition) is 5. The van der Waals surface area contributed by atoms with Crippen LogP contribution in [0.25, 0.3) is 0 Å². The van der Waals surface area contributed by atoms with Crippen molar-refractivity contribution in [1.82, 2.24) is 10.2 Å². The number of benzene rings is 1. The van der Waals surface area contributed by atoms with Crippen LogP contribution in [0.3, 0.4) is 0 Å². The van der Waals surface area contributed by atoms with Crippen LogP contribution in [0.1, 0.15) is 38.7 Å². The van der Waals surface area contributed by atoms with Crippen LogP contribution in [0.15, 0.2) is 18.2 Å². The number of rotatable bonds is 10. The standard InChI is InChI=1S/C21H33N3O4.ClH/c1-5-21(22,6-2)14-23-20(26)16-12-19(25)24(13-16)10-9-15-7-8-17(27-3)18(11-15)28-4;/h7-8,11,16H,5-6,9-10,12-14,22H2,1-4H3,(H,23,26);1H. The summed E-state index contributed by atoms with van der Waals surface area (Å²) in [5.74, 6) is 0.970. The van der Waals surface area contributed by atoms with Gasteiger partial charge in [-0.15, -0.1) is 12.4 Å².